The fraction of sp³-hybridized carbons (Fsp3) is 0.261. The molecule has 1 fully saturated rings. The number of halogens is 1. The lowest BCUT2D eigenvalue weighted by atomic mass is 9.96. The largest absolute Gasteiger partial charge is 0.338 e. The molecule has 1 amide bonds. The number of likely N-dealkylation sites (tertiary alicyclic amines) is 1. The number of fused-ring (bicyclic) bond motifs is 1. The fourth-order valence-electron chi connectivity index (χ4n) is 4.09. The molecule has 1 atom stereocenters. The minimum Gasteiger partial charge on any atom is -0.338 e. The number of benzene rings is 2. The van der Waals surface area contributed by atoms with Crippen molar-refractivity contribution in [3.63, 3.8) is 0 Å². The van der Waals surface area contributed by atoms with Gasteiger partial charge in [0.1, 0.15) is 5.82 Å². The van der Waals surface area contributed by atoms with Crippen LogP contribution in [0.3, 0.4) is 0 Å². The highest BCUT2D eigenvalue weighted by molar-refractivity contribution is 6.30. The van der Waals surface area contributed by atoms with E-state index in [9.17, 15) is 9.59 Å². The van der Waals surface area contributed by atoms with Crippen LogP contribution in [-0.2, 0) is 6.54 Å². The van der Waals surface area contributed by atoms with Crippen molar-refractivity contribution in [2.24, 2.45) is 0 Å². The molecular formula is C23H21ClN6O2. The van der Waals surface area contributed by atoms with Crippen LogP contribution in [-0.4, -0.2) is 48.9 Å². The molecule has 3 heterocycles. The van der Waals surface area contributed by atoms with E-state index in [2.05, 4.69) is 15.3 Å². The summed E-state index contributed by atoms with van der Waals surface area (Å²) >= 11 is 5.97. The van der Waals surface area contributed by atoms with Gasteiger partial charge in [0.2, 0.25) is 0 Å². The Morgan fingerprint density at radius 2 is 1.91 bits per heavy atom. The minimum absolute atomic E-state index is 0.00632. The van der Waals surface area contributed by atoms with Crippen molar-refractivity contribution in [2.75, 3.05) is 13.1 Å². The Kier molecular flexibility index (Phi) is 5.45. The molecule has 9 heteroatoms. The molecule has 8 nitrogen and oxygen atoms in total. The van der Waals surface area contributed by atoms with Gasteiger partial charge in [0, 0.05) is 29.6 Å². The number of carbonyl (C=O) groups is 1. The van der Waals surface area contributed by atoms with Crippen LogP contribution < -0.4 is 5.56 Å². The molecule has 2 aromatic carbocycles. The van der Waals surface area contributed by atoms with E-state index in [1.807, 2.05) is 59.5 Å². The molecular weight excluding hydrogens is 428 g/mol. The minimum atomic E-state index is -0.320. The third-order valence-corrected chi connectivity index (χ3v) is 6.01. The van der Waals surface area contributed by atoms with Crippen molar-refractivity contribution in [3.05, 3.63) is 86.9 Å². The summed E-state index contributed by atoms with van der Waals surface area (Å²) < 4.78 is 1.62. The molecule has 2 aromatic heterocycles. The number of hydrogen-bond acceptors (Lipinski definition) is 5. The lowest BCUT2D eigenvalue weighted by Crippen LogP contribution is -2.39. The molecule has 1 unspecified atom stereocenters. The zero-order valence-corrected chi connectivity index (χ0v) is 18.0. The average molecular weight is 449 g/mol. The van der Waals surface area contributed by atoms with Gasteiger partial charge in [-0.1, -0.05) is 47.1 Å². The highest BCUT2D eigenvalue weighted by Crippen LogP contribution is 2.26. The number of carbonyl (C=O) groups excluding carboxylic acids is 1. The summed E-state index contributed by atoms with van der Waals surface area (Å²) in [7, 11) is 0. The van der Waals surface area contributed by atoms with Crippen LogP contribution in [0.4, 0.5) is 0 Å². The lowest BCUT2D eigenvalue weighted by Gasteiger charge is -2.32. The molecule has 0 aliphatic carbocycles. The Hall–Kier alpha value is -3.52. The Morgan fingerprint density at radius 3 is 2.69 bits per heavy atom. The summed E-state index contributed by atoms with van der Waals surface area (Å²) in [6.07, 6.45) is 1.68. The number of aromatic amines is 1. The molecule has 1 aliphatic heterocycles. The first-order chi connectivity index (χ1) is 15.6. The first-order valence-electron chi connectivity index (χ1n) is 10.5. The molecule has 5 rings (SSSR count). The maximum Gasteiger partial charge on any atom is 0.281 e. The van der Waals surface area contributed by atoms with Crippen LogP contribution in [0.2, 0.25) is 5.02 Å². The zero-order chi connectivity index (χ0) is 22.1. The van der Waals surface area contributed by atoms with Crippen molar-refractivity contribution in [2.45, 2.75) is 25.3 Å². The number of piperidine rings is 1. The number of hydrogen-bond donors (Lipinski definition) is 1. The van der Waals surface area contributed by atoms with Crippen LogP contribution in [0, 0.1) is 0 Å². The van der Waals surface area contributed by atoms with E-state index in [0.29, 0.717) is 41.7 Å². The molecule has 1 saturated heterocycles. The quantitative estimate of drug-likeness (QED) is 0.517. The predicted molar refractivity (Wildman–Crippen MR) is 121 cm³/mol. The van der Waals surface area contributed by atoms with Crippen LogP contribution >= 0.6 is 11.6 Å². The van der Waals surface area contributed by atoms with Gasteiger partial charge in [-0.15, -0.1) is 5.10 Å². The van der Waals surface area contributed by atoms with E-state index in [1.165, 1.54) is 0 Å². The Morgan fingerprint density at radius 1 is 1.12 bits per heavy atom. The first-order valence-corrected chi connectivity index (χ1v) is 10.9. The molecule has 4 aromatic rings. The van der Waals surface area contributed by atoms with Gasteiger partial charge in [0.25, 0.3) is 11.5 Å². The normalized spacial score (nSPS) is 16.4. The van der Waals surface area contributed by atoms with Gasteiger partial charge in [0.15, 0.2) is 11.2 Å². The molecule has 0 spiro atoms. The SMILES string of the molecule is O=C(c1ccccc1)N1CCCC(c2nc3c(nnn3Cc3ccc(Cl)cc3)c(=O)[nH]2)C1. The Balaban J connectivity index is 1.43. The van der Waals surface area contributed by atoms with E-state index in [-0.39, 0.29) is 22.9 Å². The first kappa shape index (κ1) is 20.4. The lowest BCUT2D eigenvalue weighted by molar-refractivity contribution is 0.0704. The summed E-state index contributed by atoms with van der Waals surface area (Å²) in [5.41, 5.74) is 1.96. The average Bonchev–Trinajstić information content (AvgIpc) is 3.24. The van der Waals surface area contributed by atoms with Crippen molar-refractivity contribution < 1.29 is 4.79 Å². The second-order valence-corrected chi connectivity index (χ2v) is 8.39. The van der Waals surface area contributed by atoms with E-state index < -0.39 is 0 Å². The van der Waals surface area contributed by atoms with Gasteiger partial charge >= 0.3 is 0 Å². The number of amides is 1. The molecule has 0 radical (unpaired) electrons. The zero-order valence-electron chi connectivity index (χ0n) is 17.2. The fourth-order valence-corrected chi connectivity index (χ4v) is 4.22. The van der Waals surface area contributed by atoms with E-state index in [1.54, 1.807) is 4.68 Å². The van der Waals surface area contributed by atoms with Crippen molar-refractivity contribution in [3.8, 4) is 0 Å². The summed E-state index contributed by atoms with van der Waals surface area (Å²) in [6, 6.07) is 16.7. The highest BCUT2D eigenvalue weighted by Gasteiger charge is 2.28. The molecule has 0 saturated carbocycles. The second-order valence-electron chi connectivity index (χ2n) is 7.95. The third-order valence-electron chi connectivity index (χ3n) is 5.75. The number of nitrogens with one attached hydrogen (secondary N) is 1. The van der Waals surface area contributed by atoms with Crippen LogP contribution in [0.1, 0.15) is 40.5 Å². The van der Waals surface area contributed by atoms with Crippen LogP contribution in [0.25, 0.3) is 11.2 Å². The number of nitrogens with zero attached hydrogens (tertiary/aromatic N) is 5. The molecule has 1 N–H and O–H groups in total. The summed E-state index contributed by atoms with van der Waals surface area (Å²) in [5, 5.41) is 8.80. The van der Waals surface area contributed by atoms with Crippen LogP contribution in [0.15, 0.2) is 59.4 Å². The van der Waals surface area contributed by atoms with Gasteiger partial charge in [-0.3, -0.25) is 9.59 Å². The number of aromatic nitrogens is 5. The maximum atomic E-state index is 12.9. The van der Waals surface area contributed by atoms with Crippen molar-refractivity contribution >= 4 is 28.7 Å². The van der Waals surface area contributed by atoms with E-state index in [0.717, 1.165) is 18.4 Å². The summed E-state index contributed by atoms with van der Waals surface area (Å²) in [6.45, 7) is 1.61. The van der Waals surface area contributed by atoms with Gasteiger partial charge in [-0.25, -0.2) is 9.67 Å². The van der Waals surface area contributed by atoms with Gasteiger partial charge in [0.05, 0.1) is 6.54 Å². The summed E-state index contributed by atoms with van der Waals surface area (Å²) in [5.74, 6) is 0.494. The molecule has 1 aliphatic rings. The molecule has 32 heavy (non-hydrogen) atoms. The van der Waals surface area contributed by atoms with Crippen molar-refractivity contribution in [1.82, 2.24) is 29.9 Å². The number of H-pyrrole nitrogens is 1. The van der Waals surface area contributed by atoms with E-state index in [4.69, 9.17) is 16.6 Å². The molecule has 162 valence electrons. The third kappa shape index (κ3) is 4.01. The van der Waals surface area contributed by atoms with Gasteiger partial charge in [-0.2, -0.15) is 0 Å². The standard InChI is InChI=1S/C23H21ClN6O2/c24-18-10-8-15(9-11-18)13-30-21-19(27-28-30)22(31)26-20(25-21)17-7-4-12-29(14-17)23(32)16-5-2-1-3-6-16/h1-3,5-6,8-11,17H,4,7,12-14H2,(H,25,26,31). The topological polar surface area (TPSA) is 96.8 Å². The monoisotopic (exact) mass is 448 g/mol. The van der Waals surface area contributed by atoms with Gasteiger partial charge < -0.3 is 9.88 Å². The second kappa shape index (κ2) is 8.55. The van der Waals surface area contributed by atoms with Crippen LogP contribution in [0.5, 0.6) is 0 Å². The molecule has 0 bridgehead atoms. The predicted octanol–water partition coefficient (Wildman–Crippen LogP) is 3.24. The smallest absolute Gasteiger partial charge is 0.281 e. The van der Waals surface area contributed by atoms with Crippen molar-refractivity contribution in [1.29, 1.82) is 0 Å². The number of rotatable bonds is 4. The maximum absolute atomic E-state index is 12.9. The van der Waals surface area contributed by atoms with E-state index >= 15 is 0 Å². The highest BCUT2D eigenvalue weighted by atomic mass is 35.5. The van der Waals surface area contributed by atoms with Gasteiger partial charge in [-0.05, 0) is 42.7 Å². The Labute approximate surface area is 188 Å². The summed E-state index contributed by atoms with van der Waals surface area (Å²) in [4.78, 5) is 35.0. The Bertz CT molecular complexity index is 1320.